The first-order chi connectivity index (χ1) is 12.0. The van der Waals surface area contributed by atoms with Gasteiger partial charge in [-0.1, -0.05) is 22.0 Å². The summed E-state index contributed by atoms with van der Waals surface area (Å²) in [5, 5.41) is 0. The second kappa shape index (κ2) is 6.28. The summed E-state index contributed by atoms with van der Waals surface area (Å²) in [6.07, 6.45) is 0.612. The number of amides is 2. The molecule has 4 rings (SSSR count). The molecule has 0 bridgehead atoms. The standard InChI is InChI=1S/C19H17BrN2O3/c20-13-9-16-14-2-1-11(19(24)22-3-5-25-6-4-22)7-12(14)8-15(16)17(10-13)18(21)23/h1-2,7,9-10H,3-6,8H2,(H2,21,23). The van der Waals surface area contributed by atoms with E-state index in [-0.39, 0.29) is 5.91 Å². The second-order valence-electron chi connectivity index (χ2n) is 6.30. The third-order valence-electron chi connectivity index (χ3n) is 4.79. The van der Waals surface area contributed by atoms with Crippen molar-refractivity contribution in [3.63, 3.8) is 0 Å². The van der Waals surface area contributed by atoms with Crippen molar-refractivity contribution in [1.29, 1.82) is 0 Å². The van der Waals surface area contributed by atoms with Crippen LogP contribution in [-0.2, 0) is 11.2 Å². The Kier molecular flexibility index (Phi) is 4.09. The van der Waals surface area contributed by atoms with Crippen molar-refractivity contribution >= 4 is 27.7 Å². The maximum Gasteiger partial charge on any atom is 0.254 e. The Morgan fingerprint density at radius 1 is 1.08 bits per heavy atom. The number of rotatable bonds is 2. The SMILES string of the molecule is NC(=O)c1cc(Br)cc2c1Cc1cc(C(=O)N3CCOCC3)ccc1-2. The highest BCUT2D eigenvalue weighted by Crippen LogP contribution is 2.40. The van der Waals surface area contributed by atoms with Gasteiger partial charge in [-0.05, 0) is 52.9 Å². The number of halogens is 1. The number of hydrogen-bond donors (Lipinski definition) is 1. The molecule has 2 aromatic rings. The Morgan fingerprint density at radius 3 is 2.56 bits per heavy atom. The first kappa shape index (κ1) is 16.3. The van der Waals surface area contributed by atoms with Gasteiger partial charge in [0.05, 0.1) is 13.2 Å². The molecule has 2 aliphatic rings. The molecule has 1 heterocycles. The normalized spacial score (nSPS) is 15.6. The average Bonchev–Trinajstić information content (AvgIpc) is 2.98. The van der Waals surface area contributed by atoms with Crippen molar-refractivity contribution in [3.8, 4) is 11.1 Å². The van der Waals surface area contributed by atoms with Crippen LogP contribution in [0, 0.1) is 0 Å². The van der Waals surface area contributed by atoms with Gasteiger partial charge in [-0.3, -0.25) is 9.59 Å². The molecule has 0 saturated carbocycles. The minimum Gasteiger partial charge on any atom is -0.378 e. The maximum absolute atomic E-state index is 12.7. The van der Waals surface area contributed by atoms with Gasteiger partial charge in [0.1, 0.15) is 0 Å². The smallest absolute Gasteiger partial charge is 0.254 e. The van der Waals surface area contributed by atoms with Crippen LogP contribution in [0.15, 0.2) is 34.8 Å². The first-order valence-electron chi connectivity index (χ1n) is 8.17. The van der Waals surface area contributed by atoms with Crippen LogP contribution in [-0.4, -0.2) is 43.0 Å². The zero-order chi connectivity index (χ0) is 17.6. The summed E-state index contributed by atoms with van der Waals surface area (Å²) in [7, 11) is 0. The van der Waals surface area contributed by atoms with E-state index in [0.717, 1.165) is 26.7 Å². The van der Waals surface area contributed by atoms with E-state index in [1.54, 1.807) is 6.07 Å². The highest BCUT2D eigenvalue weighted by atomic mass is 79.9. The van der Waals surface area contributed by atoms with Crippen LogP contribution in [0.3, 0.4) is 0 Å². The van der Waals surface area contributed by atoms with E-state index in [4.69, 9.17) is 10.5 Å². The summed E-state index contributed by atoms with van der Waals surface area (Å²) >= 11 is 3.45. The summed E-state index contributed by atoms with van der Waals surface area (Å²) in [5.41, 5.74) is 10.8. The minimum absolute atomic E-state index is 0.0263. The molecule has 128 valence electrons. The van der Waals surface area contributed by atoms with Gasteiger partial charge >= 0.3 is 0 Å². The van der Waals surface area contributed by atoms with Crippen molar-refractivity contribution in [1.82, 2.24) is 4.90 Å². The Bertz CT molecular complexity index is 888. The Balaban J connectivity index is 1.71. The van der Waals surface area contributed by atoms with Gasteiger partial charge < -0.3 is 15.4 Å². The summed E-state index contributed by atoms with van der Waals surface area (Å²) in [5.74, 6) is -0.409. The molecule has 0 unspecified atom stereocenters. The average molecular weight is 401 g/mol. The van der Waals surface area contributed by atoms with Crippen molar-refractivity contribution in [2.75, 3.05) is 26.3 Å². The third-order valence-corrected chi connectivity index (χ3v) is 5.25. The second-order valence-corrected chi connectivity index (χ2v) is 7.21. The zero-order valence-electron chi connectivity index (χ0n) is 13.5. The molecule has 1 saturated heterocycles. The topological polar surface area (TPSA) is 72.6 Å². The van der Waals surface area contributed by atoms with Crippen LogP contribution in [0.4, 0.5) is 0 Å². The number of nitrogens with zero attached hydrogens (tertiary/aromatic N) is 1. The molecule has 2 N–H and O–H groups in total. The lowest BCUT2D eigenvalue weighted by atomic mass is 10.0. The number of benzene rings is 2. The number of nitrogens with two attached hydrogens (primary N) is 1. The summed E-state index contributed by atoms with van der Waals surface area (Å²) in [6.45, 7) is 2.40. The molecule has 0 atom stereocenters. The number of carbonyl (C=O) groups is 2. The molecule has 0 spiro atoms. The lowest BCUT2D eigenvalue weighted by Crippen LogP contribution is -2.40. The minimum atomic E-state index is -0.435. The first-order valence-corrected chi connectivity index (χ1v) is 8.96. The van der Waals surface area contributed by atoms with Gasteiger partial charge in [0.15, 0.2) is 0 Å². The zero-order valence-corrected chi connectivity index (χ0v) is 15.1. The van der Waals surface area contributed by atoms with Crippen LogP contribution in [0.1, 0.15) is 31.8 Å². The molecule has 6 heteroatoms. The van der Waals surface area contributed by atoms with Gasteiger partial charge in [-0.2, -0.15) is 0 Å². The number of fused-ring (bicyclic) bond motifs is 3. The molecule has 5 nitrogen and oxygen atoms in total. The molecule has 0 aromatic heterocycles. The Morgan fingerprint density at radius 2 is 1.84 bits per heavy atom. The number of carbonyl (C=O) groups excluding carboxylic acids is 2. The monoisotopic (exact) mass is 400 g/mol. The summed E-state index contributed by atoms with van der Waals surface area (Å²) in [4.78, 5) is 26.3. The highest BCUT2D eigenvalue weighted by molar-refractivity contribution is 9.10. The Hall–Kier alpha value is -2.18. The van der Waals surface area contributed by atoms with E-state index in [1.165, 1.54) is 0 Å². The largest absolute Gasteiger partial charge is 0.378 e. The molecular formula is C19H17BrN2O3. The summed E-state index contributed by atoms with van der Waals surface area (Å²) < 4.78 is 6.13. The van der Waals surface area contributed by atoms with Gasteiger partial charge in [0, 0.05) is 28.7 Å². The lowest BCUT2D eigenvalue weighted by molar-refractivity contribution is 0.0303. The van der Waals surface area contributed by atoms with E-state index < -0.39 is 5.91 Å². The van der Waals surface area contributed by atoms with Crippen LogP contribution < -0.4 is 5.73 Å². The number of morpholine rings is 1. The van der Waals surface area contributed by atoms with Crippen LogP contribution >= 0.6 is 15.9 Å². The predicted octanol–water partition coefficient (Wildman–Crippen LogP) is 2.59. The third kappa shape index (κ3) is 2.85. The molecule has 2 aromatic carbocycles. The summed E-state index contributed by atoms with van der Waals surface area (Å²) in [6, 6.07) is 9.51. The predicted molar refractivity (Wildman–Crippen MR) is 97.6 cm³/mol. The number of ether oxygens (including phenoxy) is 1. The molecule has 25 heavy (non-hydrogen) atoms. The van der Waals surface area contributed by atoms with Crippen molar-refractivity contribution in [2.24, 2.45) is 5.73 Å². The fourth-order valence-electron chi connectivity index (χ4n) is 3.56. The van der Waals surface area contributed by atoms with Crippen molar-refractivity contribution in [3.05, 3.63) is 57.1 Å². The van der Waals surface area contributed by atoms with Crippen LogP contribution in [0.2, 0.25) is 0 Å². The molecule has 1 fully saturated rings. The van der Waals surface area contributed by atoms with E-state index in [1.807, 2.05) is 29.2 Å². The van der Waals surface area contributed by atoms with Gasteiger partial charge in [-0.15, -0.1) is 0 Å². The quantitative estimate of drug-likeness (QED) is 0.718. The fourth-order valence-corrected chi connectivity index (χ4v) is 4.02. The van der Waals surface area contributed by atoms with Crippen molar-refractivity contribution < 1.29 is 14.3 Å². The van der Waals surface area contributed by atoms with E-state index in [2.05, 4.69) is 15.9 Å². The lowest BCUT2D eigenvalue weighted by Gasteiger charge is -2.27. The van der Waals surface area contributed by atoms with Crippen LogP contribution in [0.25, 0.3) is 11.1 Å². The van der Waals surface area contributed by atoms with Crippen molar-refractivity contribution in [2.45, 2.75) is 6.42 Å². The van der Waals surface area contributed by atoms with E-state index in [0.29, 0.717) is 43.9 Å². The van der Waals surface area contributed by atoms with Gasteiger partial charge in [0.25, 0.3) is 5.91 Å². The molecule has 2 amide bonds. The molecule has 1 aliphatic carbocycles. The molecule has 0 radical (unpaired) electrons. The fraction of sp³-hybridized carbons (Fsp3) is 0.263. The van der Waals surface area contributed by atoms with Gasteiger partial charge in [-0.25, -0.2) is 0 Å². The van der Waals surface area contributed by atoms with Crippen LogP contribution in [0.5, 0.6) is 0 Å². The molecule has 1 aliphatic heterocycles. The van der Waals surface area contributed by atoms with E-state index in [9.17, 15) is 9.59 Å². The van der Waals surface area contributed by atoms with E-state index >= 15 is 0 Å². The van der Waals surface area contributed by atoms with Gasteiger partial charge in [0.2, 0.25) is 5.91 Å². The number of primary amides is 1. The highest BCUT2D eigenvalue weighted by Gasteiger charge is 2.26. The molecular weight excluding hydrogens is 384 g/mol. The Labute approximate surface area is 153 Å². The number of hydrogen-bond acceptors (Lipinski definition) is 3. The maximum atomic E-state index is 12.7.